The molecule has 3 N–H and O–H groups in total. The van der Waals surface area contributed by atoms with Gasteiger partial charge in [-0.25, -0.2) is 0 Å². The quantitative estimate of drug-likeness (QED) is 0.787. The first-order valence-electron chi connectivity index (χ1n) is 6.36. The van der Waals surface area contributed by atoms with Gasteiger partial charge < -0.3 is 10.6 Å². The highest BCUT2D eigenvalue weighted by Crippen LogP contribution is 2.24. The van der Waals surface area contributed by atoms with Gasteiger partial charge in [-0.15, -0.1) is 0 Å². The van der Waals surface area contributed by atoms with Crippen molar-refractivity contribution in [2.45, 2.75) is 19.4 Å². The molecule has 2 heterocycles. The molecule has 1 aliphatic heterocycles. The fourth-order valence-corrected chi connectivity index (χ4v) is 2.22. The molecule has 0 saturated heterocycles. The molecular weight excluding hydrogens is 256 g/mol. The van der Waals surface area contributed by atoms with Crippen molar-refractivity contribution in [2.75, 3.05) is 5.32 Å². The number of aromatic nitrogens is 2. The molecule has 0 saturated carbocycles. The highest BCUT2D eigenvalue weighted by molar-refractivity contribution is 6.02. The Morgan fingerprint density at radius 1 is 1.45 bits per heavy atom. The van der Waals surface area contributed by atoms with Crippen molar-refractivity contribution in [3.8, 4) is 0 Å². The maximum atomic E-state index is 12.2. The Labute approximate surface area is 115 Å². The Morgan fingerprint density at radius 2 is 2.30 bits per heavy atom. The molecule has 1 unspecified atom stereocenters. The maximum Gasteiger partial charge on any atom is 0.251 e. The summed E-state index contributed by atoms with van der Waals surface area (Å²) in [6, 6.07) is 5.11. The minimum Gasteiger partial charge on any atom is -0.345 e. The summed E-state index contributed by atoms with van der Waals surface area (Å²) >= 11 is 0. The van der Waals surface area contributed by atoms with E-state index in [0.29, 0.717) is 12.0 Å². The van der Waals surface area contributed by atoms with E-state index in [1.165, 1.54) is 0 Å². The smallest absolute Gasteiger partial charge is 0.251 e. The summed E-state index contributed by atoms with van der Waals surface area (Å²) < 4.78 is 0. The fourth-order valence-electron chi connectivity index (χ4n) is 2.22. The third-order valence-electron chi connectivity index (χ3n) is 3.36. The Bertz CT molecular complexity index is 664. The number of aromatic amines is 1. The van der Waals surface area contributed by atoms with Gasteiger partial charge in [0.2, 0.25) is 5.91 Å². The van der Waals surface area contributed by atoms with E-state index in [9.17, 15) is 9.59 Å². The average molecular weight is 270 g/mol. The summed E-state index contributed by atoms with van der Waals surface area (Å²) in [5.41, 5.74) is 3.09. The number of nitrogens with one attached hydrogen (secondary N) is 3. The number of fused-ring (bicyclic) bond motifs is 1. The molecule has 0 radical (unpaired) electrons. The fraction of sp³-hybridized carbons (Fsp3) is 0.214. The second kappa shape index (κ2) is 4.80. The minimum atomic E-state index is -0.178. The number of amides is 2. The van der Waals surface area contributed by atoms with Crippen molar-refractivity contribution in [2.24, 2.45) is 0 Å². The third kappa shape index (κ3) is 2.27. The molecule has 6 nitrogen and oxygen atoms in total. The first-order valence-corrected chi connectivity index (χ1v) is 6.36. The van der Waals surface area contributed by atoms with E-state index in [2.05, 4.69) is 20.8 Å². The molecule has 1 atom stereocenters. The average Bonchev–Trinajstić information content (AvgIpc) is 3.05. The van der Waals surface area contributed by atoms with Crippen LogP contribution in [0.2, 0.25) is 0 Å². The molecule has 3 rings (SSSR count). The van der Waals surface area contributed by atoms with Gasteiger partial charge in [0.1, 0.15) is 0 Å². The van der Waals surface area contributed by atoms with Gasteiger partial charge in [0.05, 0.1) is 18.7 Å². The molecule has 1 aliphatic rings. The largest absolute Gasteiger partial charge is 0.345 e. The summed E-state index contributed by atoms with van der Waals surface area (Å²) in [5.74, 6) is -0.216. The first kappa shape index (κ1) is 12.4. The van der Waals surface area contributed by atoms with Gasteiger partial charge >= 0.3 is 0 Å². The van der Waals surface area contributed by atoms with Gasteiger partial charge in [0, 0.05) is 23.0 Å². The van der Waals surface area contributed by atoms with Crippen LogP contribution in [0.25, 0.3) is 0 Å². The van der Waals surface area contributed by atoms with Gasteiger partial charge in [-0.1, -0.05) is 6.07 Å². The van der Waals surface area contributed by atoms with Gasteiger partial charge in [-0.2, -0.15) is 5.10 Å². The number of benzene rings is 1. The van der Waals surface area contributed by atoms with Crippen molar-refractivity contribution in [1.29, 1.82) is 0 Å². The van der Waals surface area contributed by atoms with E-state index < -0.39 is 0 Å². The molecule has 0 spiro atoms. The van der Waals surface area contributed by atoms with Crippen molar-refractivity contribution < 1.29 is 9.59 Å². The standard InChI is InChI=1S/C14H14N4O2/c1-8(11-6-15-16-7-11)17-14(20)10-3-2-9-5-13(19)18-12(9)4-10/h2-4,6-8H,5H2,1H3,(H,15,16)(H,17,20)(H,18,19). The van der Waals surface area contributed by atoms with Crippen LogP contribution in [0.1, 0.15) is 34.5 Å². The molecular formula is C14H14N4O2. The molecule has 1 aromatic carbocycles. The normalized spacial score (nSPS) is 14.6. The van der Waals surface area contributed by atoms with Crippen molar-refractivity contribution >= 4 is 17.5 Å². The summed E-state index contributed by atoms with van der Waals surface area (Å²) in [6.07, 6.45) is 3.80. The number of carbonyl (C=O) groups is 2. The van der Waals surface area contributed by atoms with Crippen LogP contribution in [0.15, 0.2) is 30.6 Å². The SMILES string of the molecule is CC(NC(=O)c1ccc2c(c1)NC(=O)C2)c1cn[nH]c1. The first-order chi connectivity index (χ1) is 9.63. The second-order valence-electron chi connectivity index (χ2n) is 4.82. The lowest BCUT2D eigenvalue weighted by molar-refractivity contribution is -0.115. The summed E-state index contributed by atoms with van der Waals surface area (Å²) in [4.78, 5) is 23.5. The lowest BCUT2D eigenvalue weighted by Gasteiger charge is -2.12. The molecule has 102 valence electrons. The predicted octanol–water partition coefficient (Wildman–Crippen LogP) is 1.40. The molecule has 2 amide bonds. The van der Waals surface area contributed by atoms with E-state index >= 15 is 0 Å². The molecule has 0 fully saturated rings. The van der Waals surface area contributed by atoms with Crippen molar-refractivity contribution in [3.05, 3.63) is 47.3 Å². The van der Waals surface area contributed by atoms with Gasteiger partial charge in [-0.3, -0.25) is 14.7 Å². The summed E-state index contributed by atoms with van der Waals surface area (Å²) in [5, 5.41) is 12.2. The van der Waals surface area contributed by atoms with Crippen molar-refractivity contribution in [3.63, 3.8) is 0 Å². The lowest BCUT2D eigenvalue weighted by atomic mass is 10.1. The van der Waals surface area contributed by atoms with Crippen LogP contribution < -0.4 is 10.6 Å². The van der Waals surface area contributed by atoms with Crippen LogP contribution in [-0.2, 0) is 11.2 Å². The van der Waals surface area contributed by atoms with E-state index in [1.807, 2.05) is 13.0 Å². The third-order valence-corrected chi connectivity index (χ3v) is 3.36. The Kier molecular flexibility index (Phi) is 2.98. The zero-order valence-electron chi connectivity index (χ0n) is 10.9. The summed E-state index contributed by atoms with van der Waals surface area (Å²) in [7, 11) is 0. The van der Waals surface area contributed by atoms with Gasteiger partial charge in [-0.05, 0) is 24.6 Å². The van der Waals surface area contributed by atoms with E-state index in [-0.39, 0.29) is 17.9 Å². The van der Waals surface area contributed by atoms with Crippen LogP contribution in [-0.4, -0.2) is 22.0 Å². The van der Waals surface area contributed by atoms with E-state index in [0.717, 1.165) is 16.8 Å². The number of H-pyrrole nitrogens is 1. The minimum absolute atomic E-state index is 0.0377. The van der Waals surface area contributed by atoms with Crippen LogP contribution in [0.3, 0.4) is 0 Å². The molecule has 0 bridgehead atoms. The van der Waals surface area contributed by atoms with Crippen LogP contribution in [0.4, 0.5) is 5.69 Å². The Morgan fingerprint density at radius 3 is 3.05 bits per heavy atom. The highest BCUT2D eigenvalue weighted by atomic mass is 16.2. The maximum absolute atomic E-state index is 12.2. The molecule has 0 aliphatic carbocycles. The van der Waals surface area contributed by atoms with Crippen LogP contribution >= 0.6 is 0 Å². The van der Waals surface area contributed by atoms with E-state index in [1.54, 1.807) is 24.5 Å². The van der Waals surface area contributed by atoms with Crippen LogP contribution in [0, 0.1) is 0 Å². The number of hydrogen-bond acceptors (Lipinski definition) is 3. The summed E-state index contributed by atoms with van der Waals surface area (Å²) in [6.45, 7) is 1.89. The van der Waals surface area contributed by atoms with Gasteiger partial charge in [0.25, 0.3) is 5.91 Å². The number of carbonyl (C=O) groups excluding carboxylic acids is 2. The lowest BCUT2D eigenvalue weighted by Crippen LogP contribution is -2.26. The monoisotopic (exact) mass is 270 g/mol. The van der Waals surface area contributed by atoms with Crippen molar-refractivity contribution in [1.82, 2.24) is 15.5 Å². The predicted molar refractivity (Wildman–Crippen MR) is 73.2 cm³/mol. The van der Waals surface area contributed by atoms with E-state index in [4.69, 9.17) is 0 Å². The zero-order chi connectivity index (χ0) is 14.1. The number of hydrogen-bond donors (Lipinski definition) is 3. The molecule has 2 aromatic rings. The van der Waals surface area contributed by atoms with Gasteiger partial charge in [0.15, 0.2) is 0 Å². The number of rotatable bonds is 3. The molecule has 20 heavy (non-hydrogen) atoms. The molecule has 1 aromatic heterocycles. The topological polar surface area (TPSA) is 86.9 Å². The highest BCUT2D eigenvalue weighted by Gasteiger charge is 2.19. The number of nitrogens with zero attached hydrogens (tertiary/aromatic N) is 1. The molecule has 6 heteroatoms. The second-order valence-corrected chi connectivity index (χ2v) is 4.82. The Hall–Kier alpha value is -2.63. The Balaban J connectivity index is 1.75. The number of anilines is 1. The zero-order valence-corrected chi connectivity index (χ0v) is 10.9. The van der Waals surface area contributed by atoms with Crippen LogP contribution in [0.5, 0.6) is 0 Å².